The minimum atomic E-state index is 0.0807. The van der Waals surface area contributed by atoms with Gasteiger partial charge in [-0.3, -0.25) is 4.79 Å². The standard InChI is InChI=1S/C20H19N5O2S/c26-18(11-25-13-21-16-5-1-2-6-17(16)25)24-8-3-4-14(10-24)19-22-23-20(27-19)15-7-9-28-12-15/h1-2,5-7,9,12-14H,3-4,8,10-11H2. The number of likely N-dealkylation sites (tertiary alicyclic amines) is 1. The van der Waals surface area contributed by atoms with Gasteiger partial charge in [-0.1, -0.05) is 12.1 Å². The van der Waals surface area contributed by atoms with E-state index >= 15 is 0 Å². The number of piperidine rings is 1. The summed E-state index contributed by atoms with van der Waals surface area (Å²) < 4.78 is 7.80. The predicted molar refractivity (Wildman–Crippen MR) is 106 cm³/mol. The third-order valence-corrected chi connectivity index (χ3v) is 5.85. The SMILES string of the molecule is O=C(Cn1cnc2ccccc21)N1CCCC(c2nnc(-c3ccsc3)o2)C1. The van der Waals surface area contributed by atoms with Gasteiger partial charge in [-0.25, -0.2) is 4.98 Å². The molecule has 8 heteroatoms. The second kappa shape index (κ2) is 7.20. The Balaban J connectivity index is 1.29. The van der Waals surface area contributed by atoms with Crippen molar-refractivity contribution < 1.29 is 9.21 Å². The van der Waals surface area contributed by atoms with Crippen LogP contribution in [0.15, 0.2) is 51.8 Å². The molecular weight excluding hydrogens is 374 g/mol. The van der Waals surface area contributed by atoms with Crippen LogP contribution in [0, 0.1) is 0 Å². The van der Waals surface area contributed by atoms with E-state index in [4.69, 9.17) is 4.42 Å². The average molecular weight is 393 g/mol. The Morgan fingerprint density at radius 1 is 1.25 bits per heavy atom. The number of nitrogens with zero attached hydrogens (tertiary/aromatic N) is 5. The fourth-order valence-electron chi connectivity index (χ4n) is 3.69. The molecule has 0 spiro atoms. The van der Waals surface area contributed by atoms with Crippen LogP contribution in [0.3, 0.4) is 0 Å². The monoisotopic (exact) mass is 393 g/mol. The van der Waals surface area contributed by atoms with E-state index in [1.807, 2.05) is 50.6 Å². The Morgan fingerprint density at radius 2 is 2.18 bits per heavy atom. The number of amides is 1. The van der Waals surface area contributed by atoms with Crippen molar-refractivity contribution >= 4 is 28.3 Å². The van der Waals surface area contributed by atoms with E-state index in [0.717, 1.165) is 36.0 Å². The van der Waals surface area contributed by atoms with E-state index in [1.54, 1.807) is 17.7 Å². The molecule has 0 saturated carbocycles. The molecular formula is C20H19N5O2S. The van der Waals surface area contributed by atoms with Crippen molar-refractivity contribution in [3.63, 3.8) is 0 Å². The summed E-state index contributed by atoms with van der Waals surface area (Å²) >= 11 is 1.60. The highest BCUT2D eigenvalue weighted by atomic mass is 32.1. The van der Waals surface area contributed by atoms with Gasteiger partial charge in [0.2, 0.25) is 17.7 Å². The van der Waals surface area contributed by atoms with E-state index in [0.29, 0.717) is 18.3 Å². The molecule has 1 fully saturated rings. The first-order valence-electron chi connectivity index (χ1n) is 9.31. The van der Waals surface area contributed by atoms with Crippen LogP contribution in [-0.2, 0) is 11.3 Å². The summed E-state index contributed by atoms with van der Waals surface area (Å²) in [5.74, 6) is 1.33. The number of carbonyl (C=O) groups is 1. The van der Waals surface area contributed by atoms with Crippen molar-refractivity contribution in [3.8, 4) is 11.5 Å². The molecule has 0 bridgehead atoms. The third-order valence-electron chi connectivity index (χ3n) is 5.17. The third kappa shape index (κ3) is 3.20. The molecule has 1 amide bonds. The van der Waals surface area contributed by atoms with Gasteiger partial charge in [0.05, 0.1) is 23.3 Å². The molecule has 0 N–H and O–H groups in total. The van der Waals surface area contributed by atoms with Crippen LogP contribution in [0.25, 0.3) is 22.5 Å². The minimum Gasteiger partial charge on any atom is -0.420 e. The van der Waals surface area contributed by atoms with Crippen molar-refractivity contribution in [2.75, 3.05) is 13.1 Å². The van der Waals surface area contributed by atoms with E-state index in [2.05, 4.69) is 15.2 Å². The number of thiophene rings is 1. The number of carbonyl (C=O) groups excluding carboxylic acids is 1. The fraction of sp³-hybridized carbons (Fsp3) is 0.300. The summed E-state index contributed by atoms with van der Waals surface area (Å²) in [6.45, 7) is 1.65. The number of hydrogen-bond donors (Lipinski definition) is 0. The number of hydrogen-bond acceptors (Lipinski definition) is 6. The van der Waals surface area contributed by atoms with Gasteiger partial charge >= 0.3 is 0 Å². The molecule has 0 radical (unpaired) electrons. The molecule has 1 atom stereocenters. The number of imidazole rings is 1. The van der Waals surface area contributed by atoms with Crippen LogP contribution in [0.5, 0.6) is 0 Å². The first kappa shape index (κ1) is 17.1. The summed E-state index contributed by atoms with van der Waals surface area (Å²) in [5.41, 5.74) is 2.82. The lowest BCUT2D eigenvalue weighted by Crippen LogP contribution is -2.40. The molecule has 142 valence electrons. The van der Waals surface area contributed by atoms with E-state index in [-0.39, 0.29) is 18.4 Å². The lowest BCUT2D eigenvalue weighted by atomic mass is 9.98. The van der Waals surface area contributed by atoms with Crippen LogP contribution in [-0.4, -0.2) is 43.6 Å². The quantitative estimate of drug-likeness (QED) is 0.530. The van der Waals surface area contributed by atoms with Gasteiger partial charge in [0, 0.05) is 24.0 Å². The molecule has 3 aromatic heterocycles. The summed E-state index contributed by atoms with van der Waals surface area (Å²) in [6.07, 6.45) is 3.61. The Labute approximate surface area is 165 Å². The van der Waals surface area contributed by atoms with Crippen molar-refractivity contribution in [1.82, 2.24) is 24.6 Å². The molecule has 1 saturated heterocycles. The van der Waals surface area contributed by atoms with Gasteiger partial charge in [0.1, 0.15) is 6.54 Å². The van der Waals surface area contributed by atoms with Crippen molar-refractivity contribution in [3.05, 3.63) is 53.3 Å². The molecule has 1 aromatic carbocycles. The van der Waals surface area contributed by atoms with Crippen molar-refractivity contribution in [1.29, 1.82) is 0 Å². The van der Waals surface area contributed by atoms with Crippen molar-refractivity contribution in [2.24, 2.45) is 0 Å². The highest BCUT2D eigenvalue weighted by Crippen LogP contribution is 2.29. The van der Waals surface area contributed by atoms with Crippen molar-refractivity contribution in [2.45, 2.75) is 25.3 Å². The highest BCUT2D eigenvalue weighted by Gasteiger charge is 2.28. The molecule has 7 nitrogen and oxygen atoms in total. The van der Waals surface area contributed by atoms with Gasteiger partial charge in [-0.15, -0.1) is 10.2 Å². The molecule has 1 unspecified atom stereocenters. The maximum atomic E-state index is 12.9. The Bertz CT molecular complexity index is 1100. The zero-order chi connectivity index (χ0) is 18.9. The maximum absolute atomic E-state index is 12.9. The lowest BCUT2D eigenvalue weighted by Gasteiger charge is -2.31. The number of rotatable bonds is 4. The van der Waals surface area contributed by atoms with Crippen LogP contribution in [0.1, 0.15) is 24.7 Å². The average Bonchev–Trinajstić information content (AvgIpc) is 3.49. The zero-order valence-corrected chi connectivity index (χ0v) is 16.0. The largest absolute Gasteiger partial charge is 0.420 e. The molecule has 0 aliphatic carbocycles. The molecule has 4 heterocycles. The van der Waals surface area contributed by atoms with Gasteiger partial charge in [0.15, 0.2) is 0 Å². The summed E-state index contributed by atoms with van der Waals surface area (Å²) in [7, 11) is 0. The molecule has 1 aliphatic rings. The van der Waals surface area contributed by atoms with E-state index < -0.39 is 0 Å². The highest BCUT2D eigenvalue weighted by molar-refractivity contribution is 7.08. The summed E-state index contributed by atoms with van der Waals surface area (Å²) in [6, 6.07) is 9.81. The maximum Gasteiger partial charge on any atom is 0.248 e. The molecule has 1 aliphatic heterocycles. The Morgan fingerprint density at radius 3 is 3.07 bits per heavy atom. The van der Waals surface area contributed by atoms with Gasteiger partial charge < -0.3 is 13.9 Å². The predicted octanol–water partition coefficient (Wildman–Crippen LogP) is 3.55. The number of aromatic nitrogens is 4. The first-order valence-corrected chi connectivity index (χ1v) is 10.3. The second-order valence-corrected chi connectivity index (χ2v) is 7.78. The minimum absolute atomic E-state index is 0.0807. The fourth-order valence-corrected chi connectivity index (χ4v) is 4.32. The van der Waals surface area contributed by atoms with Crippen LogP contribution >= 0.6 is 11.3 Å². The lowest BCUT2D eigenvalue weighted by molar-refractivity contribution is -0.133. The van der Waals surface area contributed by atoms with E-state index in [9.17, 15) is 4.79 Å². The summed E-state index contributed by atoms with van der Waals surface area (Å²) in [4.78, 5) is 19.2. The van der Waals surface area contributed by atoms with E-state index in [1.165, 1.54) is 0 Å². The van der Waals surface area contributed by atoms with Gasteiger partial charge in [0.25, 0.3) is 0 Å². The Kier molecular flexibility index (Phi) is 4.40. The zero-order valence-electron chi connectivity index (χ0n) is 15.2. The number of benzene rings is 1. The molecule has 5 rings (SSSR count). The van der Waals surface area contributed by atoms with Gasteiger partial charge in [-0.2, -0.15) is 11.3 Å². The smallest absolute Gasteiger partial charge is 0.248 e. The van der Waals surface area contributed by atoms with Gasteiger partial charge in [-0.05, 0) is 36.4 Å². The molecule has 28 heavy (non-hydrogen) atoms. The Hall–Kier alpha value is -3.00. The van der Waals surface area contributed by atoms with Crippen LogP contribution < -0.4 is 0 Å². The second-order valence-electron chi connectivity index (χ2n) is 7.00. The summed E-state index contributed by atoms with van der Waals surface area (Å²) in [5, 5.41) is 12.4. The first-order chi connectivity index (χ1) is 13.8. The topological polar surface area (TPSA) is 77.1 Å². The normalized spacial score (nSPS) is 17.3. The van der Waals surface area contributed by atoms with Crippen LogP contribution in [0.4, 0.5) is 0 Å². The number of fused-ring (bicyclic) bond motifs is 1. The van der Waals surface area contributed by atoms with Crippen LogP contribution in [0.2, 0.25) is 0 Å². The number of para-hydroxylation sites is 2. The molecule has 4 aromatic rings.